The number of fused-ring (bicyclic) bond motifs is 3. The fourth-order valence-electron chi connectivity index (χ4n) is 8.78. The van der Waals surface area contributed by atoms with E-state index < -0.39 is 0 Å². The highest BCUT2D eigenvalue weighted by atomic mass is 15.1. The number of benzene rings is 9. The van der Waals surface area contributed by atoms with Crippen LogP contribution in [-0.4, -0.2) is 0 Å². The molecule has 0 spiro atoms. The number of para-hydroxylation sites is 1. The molecule has 2 nitrogen and oxygen atoms in total. The third kappa shape index (κ3) is 6.79. The molecule has 282 valence electrons. The van der Waals surface area contributed by atoms with E-state index in [0.717, 1.165) is 34.1 Å². The lowest BCUT2D eigenvalue weighted by Gasteiger charge is -2.28. The maximum atomic E-state index is 2.40. The highest BCUT2D eigenvalue weighted by Gasteiger charge is 2.35. The molecule has 0 aromatic heterocycles. The van der Waals surface area contributed by atoms with E-state index >= 15 is 0 Å². The van der Waals surface area contributed by atoms with Crippen LogP contribution in [0.3, 0.4) is 0 Å². The lowest BCUT2D eigenvalue weighted by Crippen LogP contribution is -2.16. The van der Waals surface area contributed by atoms with Crippen molar-refractivity contribution < 1.29 is 0 Å². The summed E-state index contributed by atoms with van der Waals surface area (Å²) in [4.78, 5) is 4.71. The topological polar surface area (TPSA) is 6.48 Å². The second kappa shape index (κ2) is 15.2. The Bertz CT molecular complexity index is 2840. The zero-order chi connectivity index (χ0) is 39.8. The summed E-state index contributed by atoms with van der Waals surface area (Å²) in [6, 6.07) is 83.3. The predicted molar refractivity (Wildman–Crippen MR) is 250 cm³/mol. The number of nitrogens with zero attached hydrogens (tertiary/aromatic N) is 2. The van der Waals surface area contributed by atoms with Gasteiger partial charge in [0.15, 0.2) is 0 Å². The summed E-state index contributed by atoms with van der Waals surface area (Å²) in [7, 11) is 0. The molecule has 0 bridgehead atoms. The SMILES string of the molecule is CC1(C)c2ccccc2-c2ccc(N(c3ccc(-c4ccccc4)cc3)c3ccc(-c4ccc(N(c5ccccc5)c5ccc(-c6ccccc6)cc5)cc4)cc3)cc21. The van der Waals surface area contributed by atoms with Gasteiger partial charge in [-0.05, 0) is 128 Å². The van der Waals surface area contributed by atoms with Crippen LogP contribution >= 0.6 is 0 Å². The Morgan fingerprint density at radius 1 is 0.254 bits per heavy atom. The van der Waals surface area contributed by atoms with Crippen LogP contribution in [0.1, 0.15) is 25.0 Å². The molecule has 0 heterocycles. The summed E-state index contributed by atoms with van der Waals surface area (Å²) in [6.07, 6.45) is 0. The van der Waals surface area contributed by atoms with Gasteiger partial charge in [-0.2, -0.15) is 0 Å². The van der Waals surface area contributed by atoms with E-state index in [-0.39, 0.29) is 5.41 Å². The van der Waals surface area contributed by atoms with Crippen molar-refractivity contribution in [2.24, 2.45) is 0 Å². The van der Waals surface area contributed by atoms with Crippen LogP contribution in [0.4, 0.5) is 34.1 Å². The third-order valence-electron chi connectivity index (χ3n) is 11.9. The lowest BCUT2D eigenvalue weighted by atomic mass is 9.82. The normalized spacial score (nSPS) is 12.4. The molecule has 59 heavy (non-hydrogen) atoms. The van der Waals surface area contributed by atoms with Gasteiger partial charge in [-0.25, -0.2) is 0 Å². The predicted octanol–water partition coefficient (Wildman–Crippen LogP) is 15.9. The second-order valence-corrected chi connectivity index (χ2v) is 15.8. The van der Waals surface area contributed by atoms with Gasteiger partial charge in [-0.15, -0.1) is 0 Å². The van der Waals surface area contributed by atoms with Gasteiger partial charge in [0.2, 0.25) is 0 Å². The van der Waals surface area contributed by atoms with Crippen molar-refractivity contribution in [3.8, 4) is 44.5 Å². The van der Waals surface area contributed by atoms with Crippen LogP contribution in [0, 0.1) is 0 Å². The molecule has 0 atom stereocenters. The third-order valence-corrected chi connectivity index (χ3v) is 11.9. The molecule has 1 aliphatic carbocycles. The average Bonchev–Trinajstić information content (AvgIpc) is 3.53. The molecule has 0 fully saturated rings. The zero-order valence-electron chi connectivity index (χ0n) is 33.3. The first-order valence-corrected chi connectivity index (χ1v) is 20.4. The number of rotatable bonds is 9. The minimum atomic E-state index is -0.0947. The van der Waals surface area contributed by atoms with Crippen molar-refractivity contribution in [3.63, 3.8) is 0 Å². The Morgan fingerprint density at radius 2 is 0.559 bits per heavy atom. The van der Waals surface area contributed by atoms with Gasteiger partial charge in [-0.1, -0.05) is 172 Å². The molecule has 0 unspecified atom stereocenters. The second-order valence-electron chi connectivity index (χ2n) is 15.8. The molecule has 1 aliphatic rings. The Morgan fingerprint density at radius 3 is 1.00 bits per heavy atom. The Hall–Kier alpha value is -7.42. The van der Waals surface area contributed by atoms with Gasteiger partial charge in [0.1, 0.15) is 0 Å². The van der Waals surface area contributed by atoms with Gasteiger partial charge in [0, 0.05) is 39.5 Å². The van der Waals surface area contributed by atoms with Crippen LogP contribution in [0.5, 0.6) is 0 Å². The molecule has 10 rings (SSSR count). The molecule has 2 heteroatoms. The largest absolute Gasteiger partial charge is 0.311 e. The van der Waals surface area contributed by atoms with Gasteiger partial charge >= 0.3 is 0 Å². The monoisotopic (exact) mass is 756 g/mol. The molecule has 0 amide bonds. The minimum absolute atomic E-state index is 0.0947. The highest BCUT2D eigenvalue weighted by Crippen LogP contribution is 2.50. The van der Waals surface area contributed by atoms with E-state index in [9.17, 15) is 0 Å². The van der Waals surface area contributed by atoms with Crippen molar-refractivity contribution in [1.29, 1.82) is 0 Å². The van der Waals surface area contributed by atoms with Crippen LogP contribution in [0.15, 0.2) is 231 Å². The van der Waals surface area contributed by atoms with Gasteiger partial charge in [0.05, 0.1) is 0 Å². The van der Waals surface area contributed by atoms with E-state index in [1.54, 1.807) is 0 Å². The zero-order valence-corrected chi connectivity index (χ0v) is 33.3. The molecule has 0 aliphatic heterocycles. The number of anilines is 6. The van der Waals surface area contributed by atoms with Crippen molar-refractivity contribution in [1.82, 2.24) is 0 Å². The fraction of sp³-hybridized carbons (Fsp3) is 0.0526. The highest BCUT2D eigenvalue weighted by molar-refractivity contribution is 5.87. The Kier molecular flexibility index (Phi) is 9.24. The summed E-state index contributed by atoms with van der Waals surface area (Å²) >= 11 is 0. The van der Waals surface area contributed by atoms with Crippen molar-refractivity contribution >= 4 is 34.1 Å². The quantitative estimate of drug-likeness (QED) is 0.145. The van der Waals surface area contributed by atoms with Crippen molar-refractivity contribution in [2.75, 3.05) is 9.80 Å². The summed E-state index contributed by atoms with van der Waals surface area (Å²) in [5.41, 5.74) is 19.2. The van der Waals surface area contributed by atoms with E-state index in [1.165, 1.54) is 55.6 Å². The molecular weight excluding hydrogens is 713 g/mol. The molecule has 0 N–H and O–H groups in total. The lowest BCUT2D eigenvalue weighted by molar-refractivity contribution is 0.660. The Balaban J connectivity index is 0.982. The Labute approximate surface area is 347 Å². The fourth-order valence-corrected chi connectivity index (χ4v) is 8.78. The van der Waals surface area contributed by atoms with Gasteiger partial charge in [0.25, 0.3) is 0 Å². The first-order chi connectivity index (χ1) is 29.0. The summed E-state index contributed by atoms with van der Waals surface area (Å²) < 4.78 is 0. The number of hydrogen-bond acceptors (Lipinski definition) is 2. The minimum Gasteiger partial charge on any atom is -0.311 e. The van der Waals surface area contributed by atoms with E-state index in [1.807, 2.05) is 0 Å². The number of hydrogen-bond donors (Lipinski definition) is 0. The molecule has 0 saturated heterocycles. The van der Waals surface area contributed by atoms with Crippen LogP contribution in [0.25, 0.3) is 44.5 Å². The molecular formula is C57H44N2. The standard InChI is InChI=1S/C57H44N2/c1-57(2)55-21-13-12-20-53(55)54-39-38-52(40-56(54)57)59(50-34-24-44(25-35-50)42-16-8-4-9-17-42)51-36-28-46(29-37-51)45-26-32-49(33-27-45)58(47-18-10-5-11-19-47)48-30-22-43(23-31-48)41-14-6-3-7-15-41/h3-40H,1-2H3. The maximum absolute atomic E-state index is 2.40. The molecule has 9 aromatic carbocycles. The van der Waals surface area contributed by atoms with Crippen LogP contribution in [-0.2, 0) is 5.41 Å². The van der Waals surface area contributed by atoms with E-state index in [0.29, 0.717) is 0 Å². The molecule has 0 saturated carbocycles. The van der Waals surface area contributed by atoms with Crippen molar-refractivity contribution in [2.45, 2.75) is 19.3 Å². The molecule has 9 aromatic rings. The van der Waals surface area contributed by atoms with Crippen LogP contribution < -0.4 is 9.80 Å². The first kappa shape index (κ1) is 36.0. The van der Waals surface area contributed by atoms with Gasteiger partial charge < -0.3 is 9.80 Å². The average molecular weight is 757 g/mol. The van der Waals surface area contributed by atoms with Gasteiger partial charge in [-0.3, -0.25) is 0 Å². The van der Waals surface area contributed by atoms with Crippen molar-refractivity contribution in [3.05, 3.63) is 242 Å². The molecule has 0 radical (unpaired) electrons. The summed E-state index contributed by atoms with van der Waals surface area (Å²) in [5.74, 6) is 0. The smallest absolute Gasteiger partial charge is 0.0465 e. The summed E-state index contributed by atoms with van der Waals surface area (Å²) in [5, 5.41) is 0. The van der Waals surface area contributed by atoms with E-state index in [4.69, 9.17) is 0 Å². The van der Waals surface area contributed by atoms with Crippen LogP contribution in [0.2, 0.25) is 0 Å². The first-order valence-electron chi connectivity index (χ1n) is 20.4. The summed E-state index contributed by atoms with van der Waals surface area (Å²) in [6.45, 7) is 4.70. The maximum Gasteiger partial charge on any atom is 0.0465 e. The van der Waals surface area contributed by atoms with E-state index in [2.05, 4.69) is 254 Å².